The number of rotatable bonds is 7. The molecule has 3 rings (SSSR count). The van der Waals surface area contributed by atoms with Crippen LogP contribution in [-0.2, 0) is 19.2 Å². The highest BCUT2D eigenvalue weighted by Gasteiger charge is 2.21. The van der Waals surface area contributed by atoms with Crippen LogP contribution in [0.3, 0.4) is 0 Å². The second-order valence-corrected chi connectivity index (χ2v) is 6.17. The van der Waals surface area contributed by atoms with Crippen molar-refractivity contribution >= 4 is 47.1 Å². The zero-order valence-corrected chi connectivity index (χ0v) is 15.9. The highest BCUT2D eigenvalue weighted by molar-refractivity contribution is 5.65. The fourth-order valence-electron chi connectivity index (χ4n) is 3.19. The number of isocyanates is 4. The molecular weight excluding hydrogens is 396 g/mol. The minimum absolute atomic E-state index is 0.337. The number of carbonyl (C=O) groups excluding carboxylic acids is 4. The molecular formula is C23H12N4O4. The van der Waals surface area contributed by atoms with Crippen molar-refractivity contribution in [3.8, 4) is 0 Å². The number of benzene rings is 3. The van der Waals surface area contributed by atoms with Crippen LogP contribution in [0.1, 0.15) is 22.6 Å². The van der Waals surface area contributed by atoms with E-state index in [2.05, 4.69) is 20.0 Å². The van der Waals surface area contributed by atoms with Gasteiger partial charge in [0.25, 0.3) is 0 Å². The second-order valence-electron chi connectivity index (χ2n) is 6.17. The largest absolute Gasteiger partial charge is 0.240 e. The van der Waals surface area contributed by atoms with E-state index in [-0.39, 0.29) is 0 Å². The lowest BCUT2D eigenvalue weighted by atomic mass is 9.84. The van der Waals surface area contributed by atoms with Gasteiger partial charge in [-0.25, -0.2) is 19.2 Å². The Morgan fingerprint density at radius 3 is 1.39 bits per heavy atom. The summed E-state index contributed by atoms with van der Waals surface area (Å²) in [7, 11) is 0. The highest BCUT2D eigenvalue weighted by Crippen LogP contribution is 2.40. The van der Waals surface area contributed by atoms with Gasteiger partial charge in [-0.2, -0.15) is 20.0 Å². The summed E-state index contributed by atoms with van der Waals surface area (Å²) >= 11 is 0. The van der Waals surface area contributed by atoms with Gasteiger partial charge in [0, 0.05) is 5.92 Å². The van der Waals surface area contributed by atoms with Crippen molar-refractivity contribution < 1.29 is 19.2 Å². The summed E-state index contributed by atoms with van der Waals surface area (Å²) in [5, 5.41) is 0. The molecule has 0 aliphatic carbocycles. The molecule has 148 valence electrons. The van der Waals surface area contributed by atoms with Crippen molar-refractivity contribution in [3.63, 3.8) is 0 Å². The van der Waals surface area contributed by atoms with E-state index in [4.69, 9.17) is 0 Å². The van der Waals surface area contributed by atoms with Crippen LogP contribution in [0, 0.1) is 0 Å². The van der Waals surface area contributed by atoms with Gasteiger partial charge in [-0.3, -0.25) is 0 Å². The van der Waals surface area contributed by atoms with E-state index in [0.717, 1.165) is 11.1 Å². The minimum Gasteiger partial charge on any atom is -0.211 e. The van der Waals surface area contributed by atoms with Gasteiger partial charge in [0.05, 0.1) is 22.7 Å². The van der Waals surface area contributed by atoms with Crippen molar-refractivity contribution in [2.45, 2.75) is 5.92 Å². The third-order valence-electron chi connectivity index (χ3n) is 4.47. The monoisotopic (exact) mass is 408 g/mol. The van der Waals surface area contributed by atoms with E-state index in [1.807, 2.05) is 0 Å². The summed E-state index contributed by atoms with van der Waals surface area (Å²) in [5.41, 5.74) is 3.69. The SMILES string of the molecule is O=C=Nc1ccc(C(c2ccc(N=C=O)cc2)c2cc(N=C=O)ccc2N=C=O)cc1. The zero-order chi connectivity index (χ0) is 22.1. The Labute approximate surface area is 176 Å². The Morgan fingerprint density at radius 1 is 0.516 bits per heavy atom. The summed E-state index contributed by atoms with van der Waals surface area (Å²) in [6.07, 6.45) is 6.01. The zero-order valence-electron chi connectivity index (χ0n) is 15.9. The molecule has 0 amide bonds. The molecule has 0 spiro atoms. The van der Waals surface area contributed by atoms with Crippen LogP contribution in [0.4, 0.5) is 22.7 Å². The minimum atomic E-state index is -0.447. The Balaban J connectivity index is 2.26. The van der Waals surface area contributed by atoms with Crippen molar-refractivity contribution in [1.82, 2.24) is 0 Å². The summed E-state index contributed by atoms with van der Waals surface area (Å²) < 4.78 is 0. The van der Waals surface area contributed by atoms with Crippen LogP contribution in [0.2, 0.25) is 0 Å². The quantitative estimate of drug-likeness (QED) is 0.319. The molecule has 0 aliphatic heterocycles. The molecule has 0 aromatic heterocycles. The third-order valence-corrected chi connectivity index (χ3v) is 4.47. The number of aliphatic imine (C=N–C) groups is 4. The molecule has 0 heterocycles. The van der Waals surface area contributed by atoms with Gasteiger partial charge in [-0.05, 0) is 59.2 Å². The average molecular weight is 408 g/mol. The Hall–Kier alpha value is -4.82. The predicted molar refractivity (Wildman–Crippen MR) is 111 cm³/mol. The van der Waals surface area contributed by atoms with Crippen molar-refractivity contribution in [1.29, 1.82) is 0 Å². The molecule has 0 unspecified atom stereocenters. The molecule has 0 radical (unpaired) electrons. The topological polar surface area (TPSA) is 118 Å². The first-order valence-corrected chi connectivity index (χ1v) is 8.85. The molecule has 31 heavy (non-hydrogen) atoms. The first-order valence-electron chi connectivity index (χ1n) is 8.85. The highest BCUT2D eigenvalue weighted by atomic mass is 16.1. The summed E-state index contributed by atoms with van der Waals surface area (Å²) in [4.78, 5) is 57.4. The van der Waals surface area contributed by atoms with E-state index in [0.29, 0.717) is 28.3 Å². The van der Waals surface area contributed by atoms with Crippen LogP contribution in [0.25, 0.3) is 0 Å². The van der Waals surface area contributed by atoms with Crippen LogP contribution in [0.5, 0.6) is 0 Å². The summed E-state index contributed by atoms with van der Waals surface area (Å²) in [5.74, 6) is -0.447. The van der Waals surface area contributed by atoms with E-state index in [1.54, 1.807) is 60.7 Å². The lowest BCUT2D eigenvalue weighted by molar-refractivity contribution is 0.564. The normalized spacial score (nSPS) is 10.5. The molecule has 3 aromatic rings. The van der Waals surface area contributed by atoms with E-state index < -0.39 is 5.92 Å². The third kappa shape index (κ3) is 4.97. The van der Waals surface area contributed by atoms with Crippen molar-refractivity contribution in [2.24, 2.45) is 20.0 Å². The van der Waals surface area contributed by atoms with Gasteiger partial charge in [-0.1, -0.05) is 24.3 Å². The molecule has 0 N–H and O–H groups in total. The Bertz CT molecular complexity index is 1230. The molecule has 0 aliphatic rings. The van der Waals surface area contributed by atoms with Crippen LogP contribution in [0.15, 0.2) is 86.7 Å². The molecule has 0 atom stereocenters. The maximum absolute atomic E-state index is 11.0. The molecule has 3 aromatic carbocycles. The number of hydrogen-bond donors (Lipinski definition) is 0. The lowest BCUT2D eigenvalue weighted by Crippen LogP contribution is -2.04. The molecule has 8 heteroatoms. The standard InChI is InChI=1S/C23H12N4O4/c28-12-24-18-5-1-16(2-6-18)23(17-3-7-19(8-4-17)25-13-29)21-11-20(26-14-30)9-10-22(21)27-15-31/h1-11,23H. The van der Waals surface area contributed by atoms with Crippen LogP contribution in [-0.4, -0.2) is 24.3 Å². The van der Waals surface area contributed by atoms with E-state index in [9.17, 15) is 19.2 Å². The van der Waals surface area contributed by atoms with E-state index >= 15 is 0 Å². The summed E-state index contributed by atoms with van der Waals surface area (Å²) in [6, 6.07) is 18.4. The molecule has 0 fully saturated rings. The fourth-order valence-corrected chi connectivity index (χ4v) is 3.19. The van der Waals surface area contributed by atoms with Crippen LogP contribution >= 0.6 is 0 Å². The van der Waals surface area contributed by atoms with Gasteiger partial charge in [-0.15, -0.1) is 0 Å². The first kappa shape index (κ1) is 20.9. The summed E-state index contributed by atoms with van der Waals surface area (Å²) in [6.45, 7) is 0. The van der Waals surface area contributed by atoms with Crippen molar-refractivity contribution in [3.05, 3.63) is 83.4 Å². The van der Waals surface area contributed by atoms with Gasteiger partial charge >= 0.3 is 0 Å². The van der Waals surface area contributed by atoms with E-state index in [1.165, 1.54) is 30.4 Å². The Morgan fingerprint density at radius 2 is 0.935 bits per heavy atom. The van der Waals surface area contributed by atoms with Crippen LogP contribution < -0.4 is 0 Å². The fraction of sp³-hybridized carbons (Fsp3) is 0.0435. The first-order chi connectivity index (χ1) is 15.2. The Kier molecular flexibility index (Phi) is 6.81. The lowest BCUT2D eigenvalue weighted by Gasteiger charge is -2.21. The molecule has 8 nitrogen and oxygen atoms in total. The average Bonchev–Trinajstić information content (AvgIpc) is 2.79. The van der Waals surface area contributed by atoms with Gasteiger partial charge in [0.15, 0.2) is 0 Å². The number of hydrogen-bond acceptors (Lipinski definition) is 8. The molecule has 0 saturated heterocycles. The van der Waals surface area contributed by atoms with Crippen molar-refractivity contribution in [2.75, 3.05) is 0 Å². The van der Waals surface area contributed by atoms with Gasteiger partial charge in [0.1, 0.15) is 0 Å². The van der Waals surface area contributed by atoms with Gasteiger partial charge in [0.2, 0.25) is 24.3 Å². The molecule has 0 saturated carbocycles. The maximum atomic E-state index is 11.0. The smallest absolute Gasteiger partial charge is 0.211 e. The van der Waals surface area contributed by atoms with Gasteiger partial charge < -0.3 is 0 Å². The molecule has 0 bridgehead atoms. The maximum Gasteiger partial charge on any atom is 0.240 e. The number of nitrogens with zero attached hydrogens (tertiary/aromatic N) is 4. The second kappa shape index (κ2) is 10.1. The predicted octanol–water partition coefficient (Wildman–Crippen LogP) is 4.74.